The maximum atomic E-state index is 13.5. The van der Waals surface area contributed by atoms with Crippen LogP contribution in [-0.2, 0) is 23.1 Å². The number of rotatable bonds is 9. The van der Waals surface area contributed by atoms with Crippen molar-refractivity contribution in [2.75, 3.05) is 7.11 Å². The van der Waals surface area contributed by atoms with Crippen molar-refractivity contribution in [2.45, 2.75) is 38.3 Å². The van der Waals surface area contributed by atoms with E-state index in [-0.39, 0.29) is 18.9 Å². The van der Waals surface area contributed by atoms with Crippen molar-refractivity contribution in [3.8, 4) is 5.75 Å². The molecule has 32 heavy (non-hydrogen) atoms. The Balaban J connectivity index is 1.91. The number of methoxy groups -OCH3 is 1. The second-order valence-electron chi connectivity index (χ2n) is 7.56. The van der Waals surface area contributed by atoms with Crippen molar-refractivity contribution in [2.24, 2.45) is 0 Å². The number of halogens is 1. The summed E-state index contributed by atoms with van der Waals surface area (Å²) in [6, 6.07) is 14.7. The number of aryl methyl sites for hydroxylation is 1. The van der Waals surface area contributed by atoms with E-state index in [1.807, 2.05) is 31.2 Å². The Morgan fingerprint density at radius 1 is 1.00 bits per heavy atom. The van der Waals surface area contributed by atoms with Gasteiger partial charge in [-0.1, -0.05) is 42.0 Å². The van der Waals surface area contributed by atoms with E-state index in [4.69, 9.17) is 4.74 Å². The predicted molar refractivity (Wildman–Crippen MR) is 119 cm³/mol. The van der Waals surface area contributed by atoms with Crippen LogP contribution >= 0.6 is 0 Å². The number of nitrogens with zero attached hydrogens (tertiary/aromatic N) is 3. The van der Waals surface area contributed by atoms with Gasteiger partial charge in [0.05, 0.1) is 19.5 Å². The highest BCUT2D eigenvalue weighted by atomic mass is 32.2. The van der Waals surface area contributed by atoms with E-state index in [1.165, 1.54) is 11.2 Å². The van der Waals surface area contributed by atoms with Gasteiger partial charge in [-0.15, -0.1) is 0 Å². The number of ether oxygens (including phenoxy) is 1. The third-order valence-corrected chi connectivity index (χ3v) is 7.35. The van der Waals surface area contributed by atoms with Crippen LogP contribution in [0, 0.1) is 12.7 Å². The summed E-state index contributed by atoms with van der Waals surface area (Å²) >= 11 is 0. The van der Waals surface area contributed by atoms with Crippen LogP contribution in [0.5, 0.6) is 5.75 Å². The lowest BCUT2D eigenvalue weighted by atomic mass is 10.1. The van der Waals surface area contributed by atoms with E-state index >= 15 is 0 Å². The number of benzene rings is 2. The van der Waals surface area contributed by atoms with Crippen LogP contribution in [0.3, 0.4) is 0 Å². The molecule has 0 amide bonds. The lowest BCUT2D eigenvalue weighted by molar-refractivity contribution is 0.162. The van der Waals surface area contributed by atoms with Crippen molar-refractivity contribution in [3.63, 3.8) is 0 Å². The van der Waals surface area contributed by atoms with Gasteiger partial charge in [-0.05, 0) is 37.1 Å². The minimum Gasteiger partial charge on any atom is -0.497 e. The highest BCUT2D eigenvalue weighted by molar-refractivity contribution is 7.89. The van der Waals surface area contributed by atoms with E-state index in [2.05, 4.69) is 9.97 Å². The van der Waals surface area contributed by atoms with Gasteiger partial charge in [-0.2, -0.15) is 4.31 Å². The lowest BCUT2D eigenvalue weighted by Gasteiger charge is -2.28. The topological polar surface area (TPSA) is 92.6 Å². The van der Waals surface area contributed by atoms with Gasteiger partial charge in [0.25, 0.3) is 0 Å². The van der Waals surface area contributed by atoms with Gasteiger partial charge < -0.3 is 9.84 Å². The summed E-state index contributed by atoms with van der Waals surface area (Å²) in [6.45, 7) is 3.57. The average Bonchev–Trinajstić information content (AvgIpc) is 2.80. The van der Waals surface area contributed by atoms with Gasteiger partial charge in [0, 0.05) is 13.1 Å². The number of aromatic nitrogens is 2. The van der Waals surface area contributed by atoms with Crippen LogP contribution in [-0.4, -0.2) is 40.2 Å². The summed E-state index contributed by atoms with van der Waals surface area (Å²) in [4.78, 5) is 7.47. The van der Waals surface area contributed by atoms with Crippen LogP contribution < -0.4 is 4.74 Å². The second kappa shape index (κ2) is 10.2. The molecular formula is C23H26FN3O4S. The van der Waals surface area contributed by atoms with E-state index < -0.39 is 27.2 Å². The van der Waals surface area contributed by atoms with Crippen LogP contribution in [0.25, 0.3) is 0 Å². The van der Waals surface area contributed by atoms with Crippen LogP contribution in [0.1, 0.15) is 35.5 Å². The van der Waals surface area contributed by atoms with Crippen molar-refractivity contribution in [3.05, 3.63) is 89.3 Å². The number of sulfonamides is 1. The summed E-state index contributed by atoms with van der Waals surface area (Å²) in [5.74, 6) is -0.155. The molecule has 0 unspecified atom stereocenters. The normalized spacial score (nSPS) is 13.7. The largest absolute Gasteiger partial charge is 0.497 e. The molecule has 0 aliphatic carbocycles. The summed E-state index contributed by atoms with van der Waals surface area (Å²) < 4.78 is 46.7. The minimum absolute atomic E-state index is 0.0987. The summed E-state index contributed by atoms with van der Waals surface area (Å²) in [6.07, 6.45) is 0.274. The fourth-order valence-corrected chi connectivity index (χ4v) is 4.73. The molecule has 1 N–H and O–H groups in total. The zero-order valence-corrected chi connectivity index (χ0v) is 19.0. The van der Waals surface area contributed by atoms with Gasteiger partial charge in [-0.3, -0.25) is 0 Å². The monoisotopic (exact) mass is 459 g/mol. The Kier molecular flexibility index (Phi) is 7.55. The Morgan fingerprint density at radius 3 is 2.00 bits per heavy atom. The first-order chi connectivity index (χ1) is 15.2. The van der Waals surface area contributed by atoms with Crippen LogP contribution in [0.4, 0.5) is 4.39 Å². The molecule has 2 atom stereocenters. The Labute approximate surface area is 187 Å². The third kappa shape index (κ3) is 5.67. The molecule has 170 valence electrons. The maximum absolute atomic E-state index is 13.5. The van der Waals surface area contributed by atoms with Gasteiger partial charge in [0.1, 0.15) is 17.1 Å². The van der Waals surface area contributed by atoms with Gasteiger partial charge >= 0.3 is 0 Å². The molecule has 0 radical (unpaired) electrons. The molecule has 9 heteroatoms. The summed E-state index contributed by atoms with van der Waals surface area (Å²) in [7, 11) is -2.44. The number of aliphatic hydroxyl groups is 1. The van der Waals surface area contributed by atoms with Crippen molar-refractivity contribution in [1.29, 1.82) is 0 Å². The van der Waals surface area contributed by atoms with Crippen molar-refractivity contribution >= 4 is 10.0 Å². The maximum Gasteiger partial charge on any atom is 0.220 e. The van der Waals surface area contributed by atoms with Crippen molar-refractivity contribution < 1.29 is 22.7 Å². The SMILES string of the molecule is COc1ccc(CN(Cc2ccc(C)cc2)S(=O)(=O)[C@@H](C)[C@H](O)c2ncc(F)cn2)cc1. The molecule has 0 fully saturated rings. The molecule has 0 aliphatic rings. The third-order valence-electron chi connectivity index (χ3n) is 5.18. The smallest absolute Gasteiger partial charge is 0.220 e. The molecule has 3 rings (SSSR count). The molecule has 1 heterocycles. The van der Waals surface area contributed by atoms with E-state index in [0.717, 1.165) is 29.1 Å². The fraction of sp³-hybridized carbons (Fsp3) is 0.304. The molecule has 0 saturated heterocycles. The first-order valence-electron chi connectivity index (χ1n) is 10.0. The first kappa shape index (κ1) is 23.8. The Bertz CT molecular complexity index is 1120. The Hall–Kier alpha value is -2.88. The van der Waals surface area contributed by atoms with Crippen molar-refractivity contribution in [1.82, 2.24) is 14.3 Å². The molecule has 0 bridgehead atoms. The van der Waals surface area contributed by atoms with Gasteiger partial charge in [-0.25, -0.2) is 22.8 Å². The average molecular weight is 460 g/mol. The van der Waals surface area contributed by atoms with Gasteiger partial charge in [0.15, 0.2) is 11.6 Å². The van der Waals surface area contributed by atoms with Crippen LogP contribution in [0.2, 0.25) is 0 Å². The molecule has 7 nitrogen and oxygen atoms in total. The predicted octanol–water partition coefficient (Wildman–Crippen LogP) is 3.39. The highest BCUT2D eigenvalue weighted by Crippen LogP contribution is 2.26. The van der Waals surface area contributed by atoms with E-state index in [9.17, 15) is 17.9 Å². The molecular weight excluding hydrogens is 433 g/mol. The first-order valence-corrected chi connectivity index (χ1v) is 11.5. The lowest BCUT2D eigenvalue weighted by Crippen LogP contribution is -2.40. The fourth-order valence-electron chi connectivity index (χ4n) is 3.15. The molecule has 3 aromatic rings. The number of aliphatic hydroxyl groups excluding tert-OH is 1. The number of hydrogen-bond acceptors (Lipinski definition) is 6. The van der Waals surface area contributed by atoms with Crippen LogP contribution in [0.15, 0.2) is 60.9 Å². The number of hydrogen-bond donors (Lipinski definition) is 1. The molecule has 2 aromatic carbocycles. The highest BCUT2D eigenvalue weighted by Gasteiger charge is 2.36. The molecule has 0 aliphatic heterocycles. The standard InChI is InChI=1S/C23H26FN3O4S/c1-16-4-6-18(7-5-16)14-27(15-19-8-10-21(31-3)11-9-19)32(29,30)17(2)22(28)23-25-12-20(24)13-26-23/h4-13,17,22,28H,14-15H2,1-3H3/t17-,22-/m0/s1. The quantitative estimate of drug-likeness (QED) is 0.527. The molecule has 0 spiro atoms. The zero-order valence-electron chi connectivity index (χ0n) is 18.1. The minimum atomic E-state index is -4.00. The van der Waals surface area contributed by atoms with E-state index in [1.54, 1.807) is 31.4 Å². The summed E-state index contributed by atoms with van der Waals surface area (Å²) in [5.41, 5.74) is 2.64. The summed E-state index contributed by atoms with van der Waals surface area (Å²) in [5, 5.41) is 9.38. The van der Waals surface area contributed by atoms with E-state index in [0.29, 0.717) is 5.75 Å². The molecule has 0 saturated carbocycles. The zero-order chi connectivity index (χ0) is 23.3. The molecule has 1 aromatic heterocycles. The van der Waals surface area contributed by atoms with Gasteiger partial charge in [0.2, 0.25) is 10.0 Å². The second-order valence-corrected chi connectivity index (χ2v) is 9.85. The Morgan fingerprint density at radius 2 is 1.50 bits per heavy atom.